The van der Waals surface area contributed by atoms with Crippen LogP contribution in [0.1, 0.15) is 36.7 Å². The zero-order valence-electron chi connectivity index (χ0n) is 16.3. The summed E-state index contributed by atoms with van der Waals surface area (Å²) in [4.78, 5) is 28.1. The molecule has 1 atom stereocenters. The van der Waals surface area contributed by atoms with Gasteiger partial charge in [0.15, 0.2) is 12.3 Å². The third kappa shape index (κ3) is 4.24. The lowest BCUT2D eigenvalue weighted by atomic mass is 10.0. The number of esters is 1. The zero-order valence-corrected chi connectivity index (χ0v) is 17.1. The first-order chi connectivity index (χ1) is 14.1. The van der Waals surface area contributed by atoms with Gasteiger partial charge in [-0.1, -0.05) is 24.3 Å². The van der Waals surface area contributed by atoms with Crippen LogP contribution in [0.15, 0.2) is 53.9 Å². The summed E-state index contributed by atoms with van der Waals surface area (Å²) in [5, 5.41) is 6.57. The van der Waals surface area contributed by atoms with Gasteiger partial charge in [-0.15, -0.1) is 11.3 Å². The summed E-state index contributed by atoms with van der Waals surface area (Å²) < 4.78 is 6.97. The van der Waals surface area contributed by atoms with Gasteiger partial charge in [-0.3, -0.25) is 4.79 Å². The fourth-order valence-electron chi connectivity index (χ4n) is 3.59. The molecule has 1 amide bonds. The van der Waals surface area contributed by atoms with E-state index in [-0.39, 0.29) is 18.6 Å². The lowest BCUT2D eigenvalue weighted by molar-refractivity contribution is -0.137. The van der Waals surface area contributed by atoms with E-state index in [2.05, 4.69) is 5.10 Å². The van der Waals surface area contributed by atoms with Crippen molar-refractivity contribution >= 4 is 23.2 Å². The van der Waals surface area contributed by atoms with Gasteiger partial charge in [0.25, 0.3) is 5.91 Å². The number of rotatable bonds is 5. The van der Waals surface area contributed by atoms with Crippen molar-refractivity contribution in [2.45, 2.75) is 32.2 Å². The monoisotopic (exact) mass is 409 g/mol. The molecule has 0 unspecified atom stereocenters. The summed E-state index contributed by atoms with van der Waals surface area (Å²) in [7, 11) is 0. The van der Waals surface area contributed by atoms with Crippen molar-refractivity contribution in [2.75, 3.05) is 13.2 Å². The van der Waals surface area contributed by atoms with E-state index < -0.39 is 5.97 Å². The van der Waals surface area contributed by atoms with Crippen molar-refractivity contribution in [1.29, 1.82) is 0 Å². The Morgan fingerprint density at radius 2 is 2.00 bits per heavy atom. The van der Waals surface area contributed by atoms with Crippen LogP contribution in [0.25, 0.3) is 16.3 Å². The first kappa shape index (κ1) is 19.4. The first-order valence-electron chi connectivity index (χ1n) is 9.79. The number of aromatic nitrogens is 2. The quantitative estimate of drug-likeness (QED) is 0.594. The van der Waals surface area contributed by atoms with Gasteiger partial charge in [0.1, 0.15) is 5.69 Å². The summed E-state index contributed by atoms with van der Waals surface area (Å²) in [5.74, 6) is -0.697. The Labute approximate surface area is 173 Å². The van der Waals surface area contributed by atoms with E-state index in [1.807, 2.05) is 59.7 Å². The normalized spacial score (nSPS) is 16.6. The van der Waals surface area contributed by atoms with Gasteiger partial charge >= 0.3 is 5.97 Å². The minimum absolute atomic E-state index is 0.144. The average molecular weight is 410 g/mol. The molecular weight excluding hydrogens is 386 g/mol. The van der Waals surface area contributed by atoms with Crippen molar-refractivity contribution in [3.8, 4) is 16.3 Å². The average Bonchev–Trinajstić information content (AvgIpc) is 3.42. The second-order valence-electron chi connectivity index (χ2n) is 7.15. The number of ether oxygens (including phenoxy) is 1. The topological polar surface area (TPSA) is 64.4 Å². The van der Waals surface area contributed by atoms with E-state index in [1.165, 1.54) is 0 Å². The van der Waals surface area contributed by atoms with E-state index >= 15 is 0 Å². The number of likely N-dealkylation sites (tertiary alicyclic amines) is 1. The van der Waals surface area contributed by atoms with Gasteiger partial charge in [-0.2, -0.15) is 5.10 Å². The Morgan fingerprint density at radius 3 is 2.72 bits per heavy atom. The molecule has 3 heterocycles. The van der Waals surface area contributed by atoms with Crippen LogP contribution in [0.3, 0.4) is 0 Å². The Bertz CT molecular complexity index is 982. The molecule has 0 radical (unpaired) electrons. The first-order valence-corrected chi connectivity index (χ1v) is 10.7. The predicted octanol–water partition coefficient (Wildman–Crippen LogP) is 4.16. The van der Waals surface area contributed by atoms with E-state index in [1.54, 1.807) is 22.1 Å². The van der Waals surface area contributed by atoms with Crippen LogP contribution in [0, 0.1) is 0 Å². The van der Waals surface area contributed by atoms with Gasteiger partial charge in [-0.25, -0.2) is 9.48 Å². The van der Waals surface area contributed by atoms with Gasteiger partial charge in [0.2, 0.25) is 0 Å². The maximum absolute atomic E-state index is 12.8. The number of benzene rings is 1. The van der Waals surface area contributed by atoms with Crippen LogP contribution in [0.5, 0.6) is 0 Å². The van der Waals surface area contributed by atoms with E-state index in [4.69, 9.17) is 4.74 Å². The largest absolute Gasteiger partial charge is 0.451 e. The smallest absolute Gasteiger partial charge is 0.357 e. The van der Waals surface area contributed by atoms with E-state index in [0.29, 0.717) is 11.4 Å². The van der Waals surface area contributed by atoms with Gasteiger partial charge in [0.05, 0.1) is 10.6 Å². The maximum atomic E-state index is 12.8. The molecule has 7 heteroatoms. The number of carbonyl (C=O) groups excluding carboxylic acids is 2. The highest BCUT2D eigenvalue weighted by molar-refractivity contribution is 7.13. The summed E-state index contributed by atoms with van der Waals surface area (Å²) >= 11 is 1.55. The molecule has 0 N–H and O–H groups in total. The molecule has 1 fully saturated rings. The Hall–Kier alpha value is -2.93. The summed E-state index contributed by atoms with van der Waals surface area (Å²) in [6.07, 6.45) is 3.12. The lowest BCUT2D eigenvalue weighted by Gasteiger charge is -2.33. The molecule has 4 rings (SSSR count). The third-order valence-electron chi connectivity index (χ3n) is 5.14. The van der Waals surface area contributed by atoms with Crippen LogP contribution in [0.2, 0.25) is 0 Å². The van der Waals surface area contributed by atoms with Crippen molar-refractivity contribution < 1.29 is 14.3 Å². The summed E-state index contributed by atoms with van der Waals surface area (Å²) in [6, 6.07) is 15.2. The lowest BCUT2D eigenvalue weighted by Crippen LogP contribution is -2.44. The van der Waals surface area contributed by atoms with Crippen LogP contribution in [-0.4, -0.2) is 45.8 Å². The molecule has 29 heavy (non-hydrogen) atoms. The van der Waals surface area contributed by atoms with Crippen LogP contribution in [0.4, 0.5) is 0 Å². The molecule has 1 aliphatic heterocycles. The number of thiophene rings is 1. The number of nitrogens with zero attached hydrogens (tertiary/aromatic N) is 3. The number of hydrogen-bond donors (Lipinski definition) is 0. The predicted molar refractivity (Wildman–Crippen MR) is 112 cm³/mol. The van der Waals surface area contributed by atoms with E-state index in [0.717, 1.165) is 36.4 Å². The minimum atomic E-state index is -0.554. The molecule has 1 saturated heterocycles. The van der Waals surface area contributed by atoms with Crippen LogP contribution in [-0.2, 0) is 9.53 Å². The minimum Gasteiger partial charge on any atom is -0.451 e. The highest BCUT2D eigenvalue weighted by Gasteiger charge is 2.25. The maximum Gasteiger partial charge on any atom is 0.357 e. The SMILES string of the molecule is C[C@@H]1CCCCN1C(=O)COC(=O)c1cc(-c2cccs2)nn1-c1ccccc1. The number of para-hydroxylation sites is 1. The van der Waals surface area contributed by atoms with Crippen molar-refractivity contribution in [3.05, 3.63) is 59.6 Å². The molecule has 0 aliphatic carbocycles. The molecule has 6 nitrogen and oxygen atoms in total. The standard InChI is InChI=1S/C22H23N3O3S/c1-16-8-5-6-12-24(16)21(26)15-28-22(27)19-14-18(20-11-7-13-29-20)23-25(19)17-9-3-2-4-10-17/h2-4,7,9-11,13-14,16H,5-6,8,12,15H2,1H3/t16-/m1/s1. The van der Waals surface area contributed by atoms with Crippen molar-refractivity contribution in [1.82, 2.24) is 14.7 Å². The third-order valence-corrected chi connectivity index (χ3v) is 6.04. The molecule has 150 valence electrons. The van der Waals surface area contributed by atoms with Crippen molar-refractivity contribution in [3.63, 3.8) is 0 Å². The van der Waals surface area contributed by atoms with E-state index in [9.17, 15) is 9.59 Å². The number of carbonyl (C=O) groups is 2. The molecule has 1 aliphatic rings. The Balaban J connectivity index is 1.55. The molecule has 0 bridgehead atoms. The summed E-state index contributed by atoms with van der Waals surface area (Å²) in [5.41, 5.74) is 1.77. The molecule has 3 aromatic rings. The van der Waals surface area contributed by atoms with Crippen LogP contribution < -0.4 is 0 Å². The van der Waals surface area contributed by atoms with Gasteiger partial charge in [0, 0.05) is 18.7 Å². The molecular formula is C22H23N3O3S. The fraction of sp³-hybridized carbons (Fsp3) is 0.318. The number of piperidine rings is 1. The zero-order chi connectivity index (χ0) is 20.2. The molecule has 2 aromatic heterocycles. The highest BCUT2D eigenvalue weighted by atomic mass is 32.1. The Kier molecular flexibility index (Phi) is 5.76. The van der Waals surface area contributed by atoms with Crippen LogP contribution >= 0.6 is 11.3 Å². The second-order valence-corrected chi connectivity index (χ2v) is 8.10. The van der Waals surface area contributed by atoms with Gasteiger partial charge < -0.3 is 9.64 Å². The second kappa shape index (κ2) is 8.61. The molecule has 0 spiro atoms. The number of hydrogen-bond acceptors (Lipinski definition) is 5. The highest BCUT2D eigenvalue weighted by Crippen LogP contribution is 2.26. The van der Waals surface area contributed by atoms with Gasteiger partial charge in [-0.05, 0) is 49.8 Å². The molecule has 0 saturated carbocycles. The molecule has 1 aromatic carbocycles. The van der Waals surface area contributed by atoms with Crippen molar-refractivity contribution in [2.24, 2.45) is 0 Å². The summed E-state index contributed by atoms with van der Waals surface area (Å²) in [6.45, 7) is 2.51. The number of amides is 1. The fourth-order valence-corrected chi connectivity index (χ4v) is 4.27. The Morgan fingerprint density at radius 1 is 1.17 bits per heavy atom.